The number of benzene rings is 4. The van der Waals surface area contributed by atoms with Gasteiger partial charge in [0.05, 0.1) is 64.0 Å². The molecule has 4 aromatic carbocycles. The second kappa shape index (κ2) is 35.8. The fourth-order valence-corrected chi connectivity index (χ4v) is 7.84. The van der Waals surface area contributed by atoms with Crippen LogP contribution in [0.2, 0.25) is 0 Å². The van der Waals surface area contributed by atoms with Gasteiger partial charge in [0.25, 0.3) is 0 Å². The van der Waals surface area contributed by atoms with E-state index in [1.165, 1.54) is 63.5 Å². The molecule has 5 rings (SSSR count). The molecule has 1 saturated heterocycles. The number of hydrogen-bond acceptors (Lipinski definition) is 14. The van der Waals surface area contributed by atoms with Gasteiger partial charge in [-0.1, -0.05) is 127 Å². The summed E-state index contributed by atoms with van der Waals surface area (Å²) in [6, 6.07) is 28.1. The Balaban J connectivity index is 0.895. The van der Waals surface area contributed by atoms with Gasteiger partial charge in [0.2, 0.25) is 12.6 Å². The molecule has 14 nitrogen and oxygen atoms in total. The Labute approximate surface area is 437 Å². The van der Waals surface area contributed by atoms with E-state index in [1.54, 1.807) is 72.8 Å². The lowest BCUT2D eigenvalue weighted by Crippen LogP contribution is -2.41. The molecule has 1 aliphatic rings. The quantitative estimate of drug-likeness (QED) is 0.0180. The third kappa shape index (κ3) is 24.1. The molecule has 0 aliphatic carbocycles. The van der Waals surface area contributed by atoms with Gasteiger partial charge in [0.15, 0.2) is 0 Å². The third-order valence-electron chi connectivity index (χ3n) is 12.1. The second-order valence-electron chi connectivity index (χ2n) is 18.0. The van der Waals surface area contributed by atoms with Crippen LogP contribution < -0.4 is 18.9 Å². The lowest BCUT2D eigenvalue weighted by molar-refractivity contribution is -0.326. The predicted molar refractivity (Wildman–Crippen MR) is 281 cm³/mol. The fraction of sp³-hybridized carbons (Fsp3) is 0.467. The van der Waals surface area contributed by atoms with Crippen LogP contribution in [0, 0.1) is 0 Å². The topological polar surface area (TPSA) is 161 Å². The van der Waals surface area contributed by atoms with Crippen LogP contribution in [0.1, 0.15) is 147 Å². The highest BCUT2D eigenvalue weighted by atomic mass is 16.8. The normalized spacial score (nSPS) is 14.1. The minimum Gasteiger partial charge on any atom is -0.494 e. The van der Waals surface area contributed by atoms with E-state index in [-0.39, 0.29) is 25.2 Å². The maximum absolute atomic E-state index is 12.9. The van der Waals surface area contributed by atoms with Crippen LogP contribution in [0.3, 0.4) is 0 Å². The first-order chi connectivity index (χ1) is 36.3. The monoisotopic (exact) mass is 1020 g/mol. The lowest BCUT2D eigenvalue weighted by atomic mass is 10.1. The van der Waals surface area contributed by atoms with Gasteiger partial charge in [-0.25, -0.2) is 19.2 Å². The van der Waals surface area contributed by atoms with Crippen molar-refractivity contribution in [3.05, 3.63) is 145 Å². The number of ether oxygens (including phenoxy) is 10. The molecule has 1 heterocycles. The molecular weight excluding hydrogens is 945 g/mol. The van der Waals surface area contributed by atoms with Crippen LogP contribution >= 0.6 is 0 Å². The van der Waals surface area contributed by atoms with E-state index in [0.717, 1.165) is 75.3 Å². The van der Waals surface area contributed by atoms with Crippen molar-refractivity contribution < 1.29 is 66.5 Å². The highest BCUT2D eigenvalue weighted by molar-refractivity contribution is 5.91. The Morgan fingerprint density at radius 1 is 0.405 bits per heavy atom. The van der Waals surface area contributed by atoms with Crippen molar-refractivity contribution in [2.75, 3.05) is 39.6 Å². The maximum Gasteiger partial charge on any atom is 0.343 e. The molecule has 400 valence electrons. The van der Waals surface area contributed by atoms with Crippen molar-refractivity contribution >= 4 is 23.9 Å². The van der Waals surface area contributed by atoms with Gasteiger partial charge in [-0.2, -0.15) is 0 Å². The molecule has 0 spiro atoms. The summed E-state index contributed by atoms with van der Waals surface area (Å²) in [5.74, 6) is 0.578. The van der Waals surface area contributed by atoms with Crippen LogP contribution in [-0.4, -0.2) is 76.1 Å². The molecule has 0 N–H and O–H groups in total. The number of carbonyl (C=O) groups excluding carboxylic acids is 4. The first-order valence-corrected chi connectivity index (χ1v) is 26.4. The molecule has 1 fully saturated rings. The van der Waals surface area contributed by atoms with Crippen LogP contribution in [0.15, 0.2) is 122 Å². The van der Waals surface area contributed by atoms with E-state index < -0.39 is 24.5 Å². The number of hydrogen-bond donors (Lipinski definition) is 0. The van der Waals surface area contributed by atoms with Crippen molar-refractivity contribution in [3.63, 3.8) is 0 Å². The SMILES string of the molecule is C=CC(=O)OCCCCCCCCCCCOc1ccc(C(=O)Oc2ccc(CO[C@H]3OCCO[C@@H]3OCc3ccc(OC(=O)c4ccc(OCCCCCCCCCCCOC(=O)C=C)cc4)cc3)cc2)cc1. The minimum atomic E-state index is -0.765. The Morgan fingerprint density at radius 2 is 0.703 bits per heavy atom. The van der Waals surface area contributed by atoms with Crippen molar-refractivity contribution in [2.24, 2.45) is 0 Å². The molecule has 14 heteroatoms. The van der Waals surface area contributed by atoms with E-state index in [2.05, 4.69) is 13.2 Å². The first kappa shape index (κ1) is 58.6. The van der Waals surface area contributed by atoms with E-state index in [0.29, 0.717) is 73.8 Å². The maximum atomic E-state index is 12.9. The molecule has 2 atom stereocenters. The minimum absolute atomic E-state index is 0.211. The average Bonchev–Trinajstić information content (AvgIpc) is 3.43. The van der Waals surface area contributed by atoms with Crippen LogP contribution in [-0.2, 0) is 51.2 Å². The van der Waals surface area contributed by atoms with E-state index >= 15 is 0 Å². The molecule has 1 aliphatic heterocycles. The van der Waals surface area contributed by atoms with E-state index in [4.69, 9.17) is 47.4 Å². The highest BCUT2D eigenvalue weighted by Crippen LogP contribution is 2.23. The second-order valence-corrected chi connectivity index (χ2v) is 18.0. The molecule has 74 heavy (non-hydrogen) atoms. The van der Waals surface area contributed by atoms with Gasteiger partial charge in [-0.05, 0) is 110 Å². The number of rotatable bonds is 38. The average molecular weight is 1020 g/mol. The first-order valence-electron chi connectivity index (χ1n) is 26.4. The molecule has 0 unspecified atom stereocenters. The standard InChI is InChI=1S/C60H76O14/c1-3-55(61)67-41-21-17-13-9-5-7-11-15-19-39-65-51-35-27-49(28-36-51)57(63)73-53-31-23-47(24-32-53)45-71-59-60(70-44-43-69-59)72-46-48-25-33-54(34-26-48)74-58(64)50-29-37-52(38-30-50)66-40-20-16-12-8-6-10-14-18-22-42-68-56(62)4-2/h3-4,23-38,59-60H,1-2,5-22,39-46H2/t59-,60-/m1/s1. The van der Waals surface area contributed by atoms with E-state index in [9.17, 15) is 19.2 Å². The third-order valence-corrected chi connectivity index (χ3v) is 12.1. The van der Waals surface area contributed by atoms with Crippen molar-refractivity contribution in [1.82, 2.24) is 0 Å². The number of unbranched alkanes of at least 4 members (excludes halogenated alkanes) is 16. The van der Waals surface area contributed by atoms with Gasteiger partial charge in [0.1, 0.15) is 23.0 Å². The van der Waals surface area contributed by atoms with Gasteiger partial charge in [0, 0.05) is 12.2 Å². The summed E-state index contributed by atoms with van der Waals surface area (Å²) in [5.41, 5.74) is 2.52. The molecule has 0 radical (unpaired) electrons. The summed E-state index contributed by atoms with van der Waals surface area (Å²) < 4.78 is 56.8. The van der Waals surface area contributed by atoms with Crippen molar-refractivity contribution in [3.8, 4) is 23.0 Å². The van der Waals surface area contributed by atoms with E-state index in [1.807, 2.05) is 24.3 Å². The highest BCUT2D eigenvalue weighted by Gasteiger charge is 2.29. The summed E-state index contributed by atoms with van der Waals surface area (Å²) in [6.07, 6.45) is 20.8. The Kier molecular flexibility index (Phi) is 28.3. The number of carbonyl (C=O) groups is 4. The number of esters is 4. The zero-order valence-electron chi connectivity index (χ0n) is 43.1. The molecule has 0 saturated carbocycles. The summed E-state index contributed by atoms with van der Waals surface area (Å²) in [6.45, 7) is 10.1. The van der Waals surface area contributed by atoms with Gasteiger partial charge < -0.3 is 47.4 Å². The summed E-state index contributed by atoms with van der Waals surface area (Å²) in [7, 11) is 0. The Hall–Kier alpha value is -6.32. The zero-order chi connectivity index (χ0) is 52.3. The largest absolute Gasteiger partial charge is 0.494 e. The molecule has 4 aromatic rings. The molecular formula is C60H76O14. The summed E-state index contributed by atoms with van der Waals surface area (Å²) in [5, 5.41) is 0. The van der Waals surface area contributed by atoms with Crippen molar-refractivity contribution in [1.29, 1.82) is 0 Å². The fourth-order valence-electron chi connectivity index (χ4n) is 7.84. The summed E-state index contributed by atoms with van der Waals surface area (Å²) in [4.78, 5) is 47.9. The zero-order valence-corrected chi connectivity index (χ0v) is 43.1. The Bertz CT molecular complexity index is 2060. The molecule has 0 bridgehead atoms. The van der Waals surface area contributed by atoms with Gasteiger partial charge in [-0.3, -0.25) is 0 Å². The van der Waals surface area contributed by atoms with Crippen molar-refractivity contribution in [2.45, 2.75) is 141 Å². The van der Waals surface area contributed by atoms with Gasteiger partial charge >= 0.3 is 23.9 Å². The Morgan fingerprint density at radius 3 is 1.03 bits per heavy atom. The lowest BCUT2D eigenvalue weighted by Gasteiger charge is -2.31. The van der Waals surface area contributed by atoms with Crippen LogP contribution in [0.25, 0.3) is 0 Å². The molecule has 0 amide bonds. The van der Waals surface area contributed by atoms with Crippen LogP contribution in [0.5, 0.6) is 23.0 Å². The predicted octanol–water partition coefficient (Wildman–Crippen LogP) is 12.8. The van der Waals surface area contributed by atoms with Crippen LogP contribution in [0.4, 0.5) is 0 Å². The smallest absolute Gasteiger partial charge is 0.343 e. The van der Waals surface area contributed by atoms with Gasteiger partial charge in [-0.15, -0.1) is 0 Å². The summed E-state index contributed by atoms with van der Waals surface area (Å²) >= 11 is 0. The molecule has 0 aromatic heterocycles.